The molecule has 0 aliphatic carbocycles. The van der Waals surface area contributed by atoms with E-state index in [2.05, 4.69) is 112 Å². The molecule has 0 saturated heterocycles. The maximum atomic E-state index is 5.03. The second-order valence-electron chi connectivity index (χ2n) is 9.33. The van der Waals surface area contributed by atoms with Crippen molar-refractivity contribution in [3.8, 4) is 22.5 Å². The number of fused-ring (bicyclic) bond motifs is 10. The maximum Gasteiger partial charge on any atom is 2.00 e. The molecule has 2 aromatic carbocycles. The number of aryl methyl sites for hydroxylation is 2. The molecule has 5 rings (SSSR count). The molecule has 0 unspecified atom stereocenters. The average Bonchev–Trinajstić information content (AvgIpc) is 3.31. The van der Waals surface area contributed by atoms with Gasteiger partial charge in [0, 0.05) is 37.3 Å². The SMILES string of the molecule is Cn1cc2nc1C(C)(C)c1[c-]c(ccc1)-c1[c-]c(ccc1)C(C)(C)c1nc-2cn1C.[Pt+2]. The monoisotopic (exact) mass is 589 g/mol. The Hall–Kier alpha value is -2.45. The molecule has 2 aromatic heterocycles. The molecule has 3 heterocycles. The maximum absolute atomic E-state index is 5.03. The van der Waals surface area contributed by atoms with Crippen LogP contribution in [0.15, 0.2) is 48.8 Å². The van der Waals surface area contributed by atoms with Gasteiger partial charge >= 0.3 is 21.1 Å². The smallest absolute Gasteiger partial charge is 0.337 e. The Morgan fingerprint density at radius 3 is 1.45 bits per heavy atom. The van der Waals surface area contributed by atoms with Crippen molar-refractivity contribution in [3.05, 3.63) is 83.7 Å². The first-order chi connectivity index (χ1) is 14.2. The second-order valence-corrected chi connectivity index (χ2v) is 9.33. The van der Waals surface area contributed by atoms with Crippen molar-refractivity contribution >= 4 is 0 Å². The molecular weight excluding hydrogens is 563 g/mol. The minimum absolute atomic E-state index is 0. The van der Waals surface area contributed by atoms with Crippen molar-refractivity contribution in [2.24, 2.45) is 14.1 Å². The van der Waals surface area contributed by atoms with Crippen LogP contribution in [0.4, 0.5) is 0 Å². The standard InChI is InChI=1S/C26H26N4.Pt/c1-25(2)19-11-7-9-17(13-19)18-10-8-12-20(14-18)26(3,4)24-28-22(16-30(24)6)21-15-29(5)23(25)27-21;/h7-12,15-16H,1-6H3;/q-2;+2. The number of nitrogens with zero attached hydrogens (tertiary/aromatic N) is 4. The molecule has 0 spiro atoms. The Morgan fingerprint density at radius 2 is 1.06 bits per heavy atom. The largest absolute Gasteiger partial charge is 2.00 e. The third-order valence-corrected chi connectivity index (χ3v) is 6.36. The zero-order valence-electron chi connectivity index (χ0n) is 18.7. The van der Waals surface area contributed by atoms with Gasteiger partial charge in [0.1, 0.15) is 23.0 Å². The van der Waals surface area contributed by atoms with Crippen molar-refractivity contribution in [2.75, 3.05) is 0 Å². The van der Waals surface area contributed by atoms with Crippen LogP contribution in [0.1, 0.15) is 50.5 Å². The van der Waals surface area contributed by atoms with E-state index in [-0.39, 0.29) is 31.9 Å². The number of aromatic nitrogens is 4. The summed E-state index contributed by atoms with van der Waals surface area (Å²) < 4.78 is 4.22. The fourth-order valence-corrected chi connectivity index (χ4v) is 4.56. The summed E-state index contributed by atoms with van der Waals surface area (Å²) in [6.07, 6.45) is 4.15. The van der Waals surface area contributed by atoms with E-state index in [4.69, 9.17) is 9.97 Å². The number of hydrogen-bond acceptors (Lipinski definition) is 2. The molecule has 4 aromatic rings. The van der Waals surface area contributed by atoms with E-state index in [0.717, 1.165) is 45.3 Å². The van der Waals surface area contributed by atoms with Gasteiger partial charge in [0.05, 0.1) is 0 Å². The van der Waals surface area contributed by atoms with Gasteiger partial charge < -0.3 is 9.13 Å². The quantitative estimate of drug-likeness (QED) is 0.269. The molecule has 5 heteroatoms. The predicted molar refractivity (Wildman–Crippen MR) is 119 cm³/mol. The number of hydrogen-bond donors (Lipinski definition) is 0. The molecule has 160 valence electrons. The summed E-state index contributed by atoms with van der Waals surface area (Å²) in [5, 5.41) is 0. The molecule has 1 aliphatic rings. The molecular formula is C26H26N4Pt. The van der Waals surface area contributed by atoms with E-state index in [0.29, 0.717) is 0 Å². The minimum Gasteiger partial charge on any atom is -0.337 e. The van der Waals surface area contributed by atoms with Gasteiger partial charge in [0.2, 0.25) is 0 Å². The van der Waals surface area contributed by atoms with Crippen molar-refractivity contribution < 1.29 is 21.1 Å². The van der Waals surface area contributed by atoms with E-state index in [1.165, 1.54) is 0 Å². The molecule has 1 aliphatic heterocycles. The molecule has 4 nitrogen and oxygen atoms in total. The summed E-state index contributed by atoms with van der Waals surface area (Å²) in [5.41, 5.74) is 5.49. The normalized spacial score (nSPS) is 15.7. The van der Waals surface area contributed by atoms with Gasteiger partial charge in [-0.25, -0.2) is 21.1 Å². The van der Waals surface area contributed by atoms with Crippen LogP contribution >= 0.6 is 0 Å². The first kappa shape index (κ1) is 21.8. The molecule has 0 N–H and O–H groups in total. The summed E-state index contributed by atoms with van der Waals surface area (Å²) >= 11 is 0. The number of benzene rings is 2. The van der Waals surface area contributed by atoms with Crippen molar-refractivity contribution in [1.82, 2.24) is 19.1 Å². The van der Waals surface area contributed by atoms with Crippen LogP contribution in [0.5, 0.6) is 0 Å². The van der Waals surface area contributed by atoms with E-state index < -0.39 is 0 Å². The topological polar surface area (TPSA) is 35.6 Å². The zero-order valence-corrected chi connectivity index (χ0v) is 21.0. The number of rotatable bonds is 0. The Balaban J connectivity index is 0.00000231. The van der Waals surface area contributed by atoms with Gasteiger partial charge in [-0.1, -0.05) is 27.7 Å². The fraction of sp³-hybridized carbons (Fsp3) is 0.308. The van der Waals surface area contributed by atoms with E-state index in [1.807, 2.05) is 0 Å². The molecule has 0 fully saturated rings. The van der Waals surface area contributed by atoms with Crippen LogP contribution in [0.25, 0.3) is 22.5 Å². The summed E-state index contributed by atoms with van der Waals surface area (Å²) in [6, 6.07) is 20.0. The summed E-state index contributed by atoms with van der Waals surface area (Å²) in [4.78, 5) is 10.1. The molecule has 0 atom stereocenters. The van der Waals surface area contributed by atoms with Crippen LogP contribution in [0.3, 0.4) is 0 Å². The zero-order chi connectivity index (χ0) is 21.3. The Kier molecular flexibility index (Phi) is 5.13. The summed E-state index contributed by atoms with van der Waals surface area (Å²) in [7, 11) is 4.11. The Labute approximate surface area is 198 Å². The second kappa shape index (κ2) is 7.31. The van der Waals surface area contributed by atoms with Gasteiger partial charge in [0.25, 0.3) is 0 Å². The van der Waals surface area contributed by atoms with Crippen LogP contribution in [0.2, 0.25) is 0 Å². The van der Waals surface area contributed by atoms with E-state index in [1.54, 1.807) is 0 Å². The molecule has 0 amide bonds. The number of imidazole rings is 2. The van der Waals surface area contributed by atoms with Gasteiger partial charge in [-0.05, 0) is 0 Å². The average molecular weight is 590 g/mol. The summed E-state index contributed by atoms with van der Waals surface area (Å²) in [5.74, 6) is 1.99. The predicted octanol–water partition coefficient (Wildman–Crippen LogP) is 5.05. The molecule has 0 saturated carbocycles. The first-order valence-electron chi connectivity index (χ1n) is 10.3. The van der Waals surface area contributed by atoms with Gasteiger partial charge in [-0.3, -0.25) is 0 Å². The van der Waals surface area contributed by atoms with Crippen LogP contribution < -0.4 is 0 Å². The van der Waals surface area contributed by atoms with Crippen LogP contribution in [-0.4, -0.2) is 19.1 Å². The minimum atomic E-state index is -0.304. The van der Waals surface area contributed by atoms with Gasteiger partial charge in [-0.2, -0.15) is 36.4 Å². The van der Waals surface area contributed by atoms with E-state index >= 15 is 0 Å². The summed E-state index contributed by atoms with van der Waals surface area (Å²) in [6.45, 7) is 8.81. The van der Waals surface area contributed by atoms with Gasteiger partial charge in [0.15, 0.2) is 0 Å². The molecule has 31 heavy (non-hydrogen) atoms. The third-order valence-electron chi connectivity index (χ3n) is 6.36. The van der Waals surface area contributed by atoms with Gasteiger partial charge in [-0.15, -0.1) is 23.3 Å². The first-order valence-corrected chi connectivity index (χ1v) is 10.3. The Morgan fingerprint density at radius 1 is 0.677 bits per heavy atom. The third kappa shape index (κ3) is 3.32. The van der Waals surface area contributed by atoms with Crippen LogP contribution in [0, 0.1) is 12.1 Å². The van der Waals surface area contributed by atoms with E-state index in [9.17, 15) is 0 Å². The Bertz CT molecular complexity index is 1180. The molecule has 0 radical (unpaired) electrons. The van der Waals surface area contributed by atoms with Crippen molar-refractivity contribution in [1.29, 1.82) is 0 Å². The fourth-order valence-electron chi connectivity index (χ4n) is 4.56. The van der Waals surface area contributed by atoms with Crippen molar-refractivity contribution in [2.45, 2.75) is 38.5 Å². The molecule has 8 bridgehead atoms. The van der Waals surface area contributed by atoms with Crippen LogP contribution in [-0.2, 0) is 46.0 Å². The van der Waals surface area contributed by atoms with Crippen molar-refractivity contribution in [3.63, 3.8) is 0 Å².